The Morgan fingerprint density at radius 2 is 1.82 bits per heavy atom. The molecule has 0 bridgehead atoms. The van der Waals surface area contributed by atoms with Gasteiger partial charge in [0.15, 0.2) is 0 Å². The van der Waals surface area contributed by atoms with Gasteiger partial charge in [-0.15, -0.1) is 0 Å². The van der Waals surface area contributed by atoms with E-state index in [-0.39, 0.29) is 29.1 Å². The molecule has 2 N–H and O–H groups in total. The molecule has 0 radical (unpaired) electrons. The Kier molecular flexibility index (Phi) is 8.29. The van der Waals surface area contributed by atoms with E-state index in [9.17, 15) is 18.0 Å². The number of para-hydroxylation sites is 1. The van der Waals surface area contributed by atoms with E-state index < -0.39 is 21.5 Å². The van der Waals surface area contributed by atoms with Crippen LogP contribution in [0.25, 0.3) is 0 Å². The lowest BCUT2D eigenvalue weighted by Gasteiger charge is -2.31. The van der Waals surface area contributed by atoms with Gasteiger partial charge in [0.1, 0.15) is 0 Å². The van der Waals surface area contributed by atoms with Crippen molar-refractivity contribution in [2.75, 3.05) is 18.4 Å². The van der Waals surface area contributed by atoms with Crippen molar-refractivity contribution in [3.05, 3.63) is 63.6 Å². The Balaban J connectivity index is 1.71. The molecular weight excluding hydrogens is 497 g/mol. The highest BCUT2D eigenvalue weighted by Crippen LogP contribution is 2.27. The first-order valence-corrected chi connectivity index (χ1v) is 13.4. The van der Waals surface area contributed by atoms with E-state index in [1.165, 1.54) is 10.4 Å². The number of piperidine rings is 1. The van der Waals surface area contributed by atoms with Crippen molar-refractivity contribution in [3.63, 3.8) is 0 Å². The molecule has 1 aliphatic heterocycles. The Hall–Kier alpha value is -2.13. The molecule has 2 aromatic carbocycles. The molecule has 0 aromatic heterocycles. The Morgan fingerprint density at radius 1 is 1.12 bits per heavy atom. The van der Waals surface area contributed by atoms with E-state index in [0.717, 1.165) is 0 Å². The number of amides is 2. The zero-order valence-electron chi connectivity index (χ0n) is 19.4. The molecule has 0 unspecified atom stereocenters. The number of rotatable bonds is 6. The lowest BCUT2D eigenvalue weighted by Crippen LogP contribution is -2.44. The third kappa shape index (κ3) is 6.95. The molecule has 10 heteroatoms. The monoisotopic (exact) mass is 525 g/mol. The quantitative estimate of drug-likeness (QED) is 0.571. The zero-order valence-corrected chi connectivity index (χ0v) is 21.7. The van der Waals surface area contributed by atoms with Gasteiger partial charge in [-0.3, -0.25) is 9.59 Å². The SMILES string of the molecule is CC(C)(C)NC(=O)c1ccccc1NC(=O)[C@@H]1CCCN(S(=O)(=O)Cc2ccc(Cl)cc2Cl)C1. The second-order valence-corrected chi connectivity index (χ2v) is 12.2. The number of anilines is 1. The number of halogens is 2. The summed E-state index contributed by atoms with van der Waals surface area (Å²) < 4.78 is 27.4. The molecular formula is C24H29Cl2N3O4S. The number of hydrogen-bond donors (Lipinski definition) is 2. The van der Waals surface area contributed by atoms with Gasteiger partial charge in [-0.2, -0.15) is 0 Å². The Morgan fingerprint density at radius 3 is 2.50 bits per heavy atom. The van der Waals surface area contributed by atoms with Gasteiger partial charge in [-0.05, 0) is 63.4 Å². The van der Waals surface area contributed by atoms with Crippen LogP contribution < -0.4 is 10.6 Å². The van der Waals surface area contributed by atoms with Gasteiger partial charge >= 0.3 is 0 Å². The number of carbonyl (C=O) groups is 2. The summed E-state index contributed by atoms with van der Waals surface area (Å²) in [6.45, 7) is 6.03. The first kappa shape index (κ1) is 26.5. The van der Waals surface area contributed by atoms with Gasteiger partial charge in [-0.25, -0.2) is 12.7 Å². The van der Waals surface area contributed by atoms with Crippen molar-refractivity contribution < 1.29 is 18.0 Å². The van der Waals surface area contributed by atoms with Crippen LogP contribution in [-0.2, 0) is 20.6 Å². The van der Waals surface area contributed by atoms with Crippen LogP contribution in [0.4, 0.5) is 5.69 Å². The molecule has 184 valence electrons. The summed E-state index contributed by atoms with van der Waals surface area (Å²) >= 11 is 12.1. The van der Waals surface area contributed by atoms with E-state index in [1.54, 1.807) is 36.4 Å². The minimum atomic E-state index is -3.69. The summed E-state index contributed by atoms with van der Waals surface area (Å²) in [4.78, 5) is 25.7. The maximum atomic E-state index is 13.0. The second kappa shape index (κ2) is 10.6. The van der Waals surface area contributed by atoms with Crippen molar-refractivity contribution in [2.45, 2.75) is 44.9 Å². The van der Waals surface area contributed by atoms with E-state index in [2.05, 4.69) is 10.6 Å². The van der Waals surface area contributed by atoms with Crippen LogP contribution >= 0.6 is 23.2 Å². The largest absolute Gasteiger partial charge is 0.347 e. The first-order valence-electron chi connectivity index (χ1n) is 11.0. The highest BCUT2D eigenvalue weighted by molar-refractivity contribution is 7.88. The van der Waals surface area contributed by atoms with Gasteiger partial charge in [0, 0.05) is 28.7 Å². The average molecular weight is 526 g/mol. The molecule has 0 aliphatic carbocycles. The number of nitrogens with zero attached hydrogens (tertiary/aromatic N) is 1. The lowest BCUT2D eigenvalue weighted by atomic mass is 9.98. The summed E-state index contributed by atoms with van der Waals surface area (Å²) in [5, 5.41) is 6.43. The van der Waals surface area contributed by atoms with Crippen molar-refractivity contribution in [1.82, 2.24) is 9.62 Å². The third-order valence-electron chi connectivity index (χ3n) is 5.42. The topological polar surface area (TPSA) is 95.6 Å². The van der Waals surface area contributed by atoms with Gasteiger partial charge < -0.3 is 10.6 Å². The van der Waals surface area contributed by atoms with Crippen LogP contribution in [0.15, 0.2) is 42.5 Å². The fourth-order valence-electron chi connectivity index (χ4n) is 3.77. The molecule has 7 nitrogen and oxygen atoms in total. The molecule has 0 spiro atoms. The number of nitrogens with one attached hydrogen (secondary N) is 2. The van der Waals surface area contributed by atoms with E-state index in [4.69, 9.17) is 23.2 Å². The number of hydrogen-bond acceptors (Lipinski definition) is 4. The van der Waals surface area contributed by atoms with Gasteiger partial charge in [0.05, 0.1) is 22.9 Å². The van der Waals surface area contributed by atoms with Crippen LogP contribution in [-0.4, -0.2) is 43.2 Å². The van der Waals surface area contributed by atoms with Crippen molar-refractivity contribution >= 4 is 50.7 Å². The molecule has 1 saturated heterocycles. The predicted molar refractivity (Wildman–Crippen MR) is 136 cm³/mol. The van der Waals surface area contributed by atoms with E-state index >= 15 is 0 Å². The molecule has 1 aliphatic rings. The zero-order chi connectivity index (χ0) is 25.1. The maximum Gasteiger partial charge on any atom is 0.253 e. The number of sulfonamides is 1. The summed E-state index contributed by atoms with van der Waals surface area (Å²) in [5.41, 5.74) is 0.765. The molecule has 1 fully saturated rings. The van der Waals surface area contributed by atoms with Gasteiger partial charge in [0.25, 0.3) is 5.91 Å². The lowest BCUT2D eigenvalue weighted by molar-refractivity contribution is -0.120. The maximum absolute atomic E-state index is 13.0. The summed E-state index contributed by atoms with van der Waals surface area (Å²) in [5.74, 6) is -1.42. The highest BCUT2D eigenvalue weighted by Gasteiger charge is 2.33. The molecule has 2 amide bonds. The number of carbonyl (C=O) groups excluding carboxylic acids is 2. The molecule has 3 rings (SSSR count). The summed E-state index contributed by atoms with van der Waals surface area (Å²) in [6, 6.07) is 11.5. The van der Waals surface area contributed by atoms with Crippen molar-refractivity contribution in [1.29, 1.82) is 0 Å². The predicted octanol–water partition coefficient (Wildman–Crippen LogP) is 4.70. The first-order chi connectivity index (χ1) is 15.9. The van der Waals surface area contributed by atoms with Crippen molar-refractivity contribution in [2.24, 2.45) is 5.92 Å². The van der Waals surface area contributed by atoms with Crippen LogP contribution in [0, 0.1) is 5.92 Å². The van der Waals surface area contributed by atoms with E-state index in [0.29, 0.717) is 41.2 Å². The minimum Gasteiger partial charge on any atom is -0.347 e. The molecule has 2 aromatic rings. The normalized spacial score (nSPS) is 17.3. The van der Waals surface area contributed by atoms with Crippen LogP contribution in [0.5, 0.6) is 0 Å². The van der Waals surface area contributed by atoms with Gasteiger partial charge in [-0.1, -0.05) is 41.4 Å². The average Bonchev–Trinajstić information content (AvgIpc) is 2.75. The fourth-order valence-corrected chi connectivity index (χ4v) is 5.96. The standard InChI is InChI=1S/C24H29Cl2N3O4S/c1-24(2,3)28-23(31)19-8-4-5-9-21(19)27-22(30)16-7-6-12-29(14-16)34(32,33)15-17-10-11-18(25)13-20(17)26/h4-5,8-11,13,16H,6-7,12,14-15H2,1-3H3,(H,27,30)(H,28,31)/t16-/m1/s1. The van der Waals surface area contributed by atoms with Crippen LogP contribution in [0.3, 0.4) is 0 Å². The minimum absolute atomic E-state index is 0.0652. The molecule has 0 saturated carbocycles. The summed E-state index contributed by atoms with van der Waals surface area (Å²) in [7, 11) is -3.69. The Labute approximate surface area is 210 Å². The molecule has 34 heavy (non-hydrogen) atoms. The molecule has 1 atom stereocenters. The highest BCUT2D eigenvalue weighted by atomic mass is 35.5. The van der Waals surface area contributed by atoms with E-state index in [1.807, 2.05) is 20.8 Å². The second-order valence-electron chi connectivity index (χ2n) is 9.43. The number of benzene rings is 2. The fraction of sp³-hybridized carbons (Fsp3) is 0.417. The molecule has 1 heterocycles. The summed E-state index contributed by atoms with van der Waals surface area (Å²) in [6.07, 6.45) is 1.10. The van der Waals surface area contributed by atoms with Crippen LogP contribution in [0.2, 0.25) is 10.0 Å². The Bertz CT molecular complexity index is 1180. The van der Waals surface area contributed by atoms with Gasteiger partial charge in [0.2, 0.25) is 15.9 Å². The van der Waals surface area contributed by atoms with Crippen LogP contribution in [0.1, 0.15) is 49.5 Å². The third-order valence-corrected chi connectivity index (χ3v) is 7.80. The smallest absolute Gasteiger partial charge is 0.253 e. The van der Waals surface area contributed by atoms with Crippen molar-refractivity contribution in [3.8, 4) is 0 Å².